The van der Waals surface area contributed by atoms with E-state index in [2.05, 4.69) is 14.6 Å². The number of carbonyl (C=O) groups is 1. The number of hydrogen-bond acceptors (Lipinski definition) is 4. The van der Waals surface area contributed by atoms with Crippen LogP contribution in [0, 0.1) is 11.8 Å². The van der Waals surface area contributed by atoms with Gasteiger partial charge >= 0.3 is 0 Å². The number of anilines is 1. The topological polar surface area (TPSA) is 63.9 Å². The van der Waals surface area contributed by atoms with Crippen LogP contribution in [-0.2, 0) is 10.3 Å². The van der Waals surface area contributed by atoms with E-state index < -0.39 is 0 Å². The molecule has 0 saturated heterocycles. The monoisotopic (exact) mass is 433 g/mol. The molecule has 170 valence electrons. The van der Waals surface area contributed by atoms with E-state index >= 15 is 0 Å². The van der Waals surface area contributed by atoms with Crippen LogP contribution in [0.4, 0.5) is 5.95 Å². The van der Waals surface area contributed by atoms with Gasteiger partial charge in [0, 0.05) is 35.8 Å². The first-order valence-corrected chi connectivity index (χ1v) is 13.0. The molecule has 1 spiro atoms. The molecule has 0 bridgehead atoms. The van der Waals surface area contributed by atoms with Crippen LogP contribution >= 0.6 is 0 Å². The lowest BCUT2D eigenvalue weighted by atomic mass is 9.64. The van der Waals surface area contributed by atoms with Gasteiger partial charge in [-0.05, 0) is 50.7 Å². The maximum absolute atomic E-state index is 14.0. The highest BCUT2D eigenvalue weighted by atomic mass is 16.2. The van der Waals surface area contributed by atoms with Crippen molar-refractivity contribution in [3.63, 3.8) is 0 Å². The Balaban J connectivity index is 1.50. The van der Waals surface area contributed by atoms with Crippen LogP contribution in [-0.4, -0.2) is 31.7 Å². The average molecular weight is 434 g/mol. The molecule has 2 aromatic heterocycles. The number of fused-ring (bicyclic) bond motifs is 4. The summed E-state index contributed by atoms with van der Waals surface area (Å²) in [6.07, 6.45) is 20.3. The largest absolute Gasteiger partial charge is 0.277 e. The minimum Gasteiger partial charge on any atom is -0.277 e. The summed E-state index contributed by atoms with van der Waals surface area (Å²) in [5, 5.41) is 5.14. The fourth-order valence-electron chi connectivity index (χ4n) is 7.28. The third-order valence-corrected chi connectivity index (χ3v) is 8.81. The Morgan fingerprint density at radius 2 is 1.69 bits per heavy atom. The molecule has 2 atom stereocenters. The van der Waals surface area contributed by atoms with Gasteiger partial charge in [-0.25, -0.2) is 4.68 Å². The molecule has 3 fully saturated rings. The minimum atomic E-state index is 0.0233. The fourth-order valence-corrected chi connectivity index (χ4v) is 7.28. The molecule has 1 aliphatic heterocycles. The summed E-state index contributed by atoms with van der Waals surface area (Å²) in [4.78, 5) is 25.5. The molecule has 0 unspecified atom stereocenters. The van der Waals surface area contributed by atoms with E-state index in [1.54, 1.807) is 6.20 Å². The van der Waals surface area contributed by atoms with Gasteiger partial charge in [0.05, 0.1) is 5.54 Å². The lowest BCUT2D eigenvalue weighted by molar-refractivity contribution is -0.125. The van der Waals surface area contributed by atoms with Crippen molar-refractivity contribution in [1.82, 2.24) is 19.7 Å². The van der Waals surface area contributed by atoms with E-state index in [-0.39, 0.29) is 17.5 Å². The van der Waals surface area contributed by atoms with Gasteiger partial charge in [0.2, 0.25) is 11.9 Å². The molecule has 2 aromatic rings. The Labute approximate surface area is 190 Å². The summed E-state index contributed by atoms with van der Waals surface area (Å²) in [6, 6.07) is 4.26. The molecule has 4 aliphatic rings. The maximum Gasteiger partial charge on any atom is 0.232 e. The van der Waals surface area contributed by atoms with Crippen molar-refractivity contribution < 1.29 is 4.79 Å². The molecule has 1 amide bonds. The number of nitrogens with zero attached hydrogens (tertiary/aromatic N) is 5. The van der Waals surface area contributed by atoms with Gasteiger partial charge in [0.1, 0.15) is 0 Å². The van der Waals surface area contributed by atoms with Crippen LogP contribution in [0.15, 0.2) is 24.5 Å². The standard InChI is InChI=1S/C26H35N5O/c32-24(19-10-3-1-4-11-19)30-22-14-6-5-13-21(22)26(15-7-2-8-16-26)31-25(30)28-23(29-31)20-12-9-17-27-18-20/h9,12,17-19,21-22H,1-8,10-11,13-16H2/t21-,22+/m1/s1. The van der Waals surface area contributed by atoms with Crippen molar-refractivity contribution in [1.29, 1.82) is 0 Å². The maximum atomic E-state index is 14.0. The zero-order valence-electron chi connectivity index (χ0n) is 19.1. The van der Waals surface area contributed by atoms with Gasteiger partial charge in [-0.2, -0.15) is 4.98 Å². The van der Waals surface area contributed by atoms with Crippen molar-refractivity contribution >= 4 is 11.9 Å². The Kier molecular flexibility index (Phi) is 5.27. The summed E-state index contributed by atoms with van der Waals surface area (Å²) in [5.74, 6) is 2.51. The second-order valence-electron chi connectivity index (χ2n) is 10.6. The van der Waals surface area contributed by atoms with Gasteiger partial charge in [0.15, 0.2) is 5.82 Å². The molecule has 6 rings (SSSR count). The van der Waals surface area contributed by atoms with Crippen molar-refractivity contribution in [3.8, 4) is 11.4 Å². The number of pyridine rings is 1. The summed E-state index contributed by atoms with van der Waals surface area (Å²) in [5.41, 5.74) is 0.962. The second kappa shape index (κ2) is 8.27. The van der Waals surface area contributed by atoms with Crippen LogP contribution < -0.4 is 4.90 Å². The van der Waals surface area contributed by atoms with Crippen molar-refractivity contribution in [2.75, 3.05) is 4.90 Å². The van der Waals surface area contributed by atoms with E-state index in [1.165, 1.54) is 70.6 Å². The third kappa shape index (κ3) is 3.20. The number of hydrogen-bond donors (Lipinski definition) is 0. The average Bonchev–Trinajstić information content (AvgIpc) is 3.32. The molecular weight excluding hydrogens is 398 g/mol. The van der Waals surface area contributed by atoms with Crippen LogP contribution in [0.5, 0.6) is 0 Å². The lowest BCUT2D eigenvalue weighted by Crippen LogP contribution is -2.62. The number of carbonyl (C=O) groups excluding carboxylic acids is 1. The first-order valence-electron chi connectivity index (χ1n) is 13.0. The Morgan fingerprint density at radius 1 is 0.938 bits per heavy atom. The van der Waals surface area contributed by atoms with Crippen LogP contribution in [0.25, 0.3) is 11.4 Å². The Bertz CT molecular complexity index is 958. The highest BCUT2D eigenvalue weighted by Gasteiger charge is 2.55. The van der Waals surface area contributed by atoms with Crippen LogP contribution in [0.1, 0.15) is 89.9 Å². The molecule has 3 saturated carbocycles. The predicted molar refractivity (Wildman–Crippen MR) is 124 cm³/mol. The van der Waals surface area contributed by atoms with Gasteiger partial charge < -0.3 is 0 Å². The predicted octanol–water partition coefficient (Wildman–Crippen LogP) is 5.49. The van der Waals surface area contributed by atoms with E-state index in [1.807, 2.05) is 18.3 Å². The van der Waals surface area contributed by atoms with Gasteiger partial charge in [-0.3, -0.25) is 14.7 Å². The van der Waals surface area contributed by atoms with Crippen LogP contribution in [0.2, 0.25) is 0 Å². The van der Waals surface area contributed by atoms with Crippen molar-refractivity contribution in [2.24, 2.45) is 11.8 Å². The zero-order chi connectivity index (χ0) is 21.5. The fraction of sp³-hybridized carbons (Fsp3) is 0.692. The summed E-state index contributed by atoms with van der Waals surface area (Å²) in [6.45, 7) is 0. The van der Waals surface area contributed by atoms with E-state index in [0.29, 0.717) is 11.8 Å². The highest BCUT2D eigenvalue weighted by Crippen LogP contribution is 2.53. The van der Waals surface area contributed by atoms with Gasteiger partial charge in [0.25, 0.3) is 0 Å². The summed E-state index contributed by atoms with van der Waals surface area (Å²) in [7, 11) is 0. The van der Waals surface area contributed by atoms with Gasteiger partial charge in [-0.1, -0.05) is 51.4 Å². The molecule has 3 aliphatic carbocycles. The molecular formula is C26H35N5O. The number of rotatable bonds is 2. The van der Waals surface area contributed by atoms with E-state index in [0.717, 1.165) is 36.6 Å². The second-order valence-corrected chi connectivity index (χ2v) is 10.6. The molecule has 6 nitrogen and oxygen atoms in total. The Hall–Kier alpha value is -2.24. The van der Waals surface area contributed by atoms with Crippen molar-refractivity contribution in [2.45, 2.75) is 101 Å². The van der Waals surface area contributed by atoms with Crippen molar-refractivity contribution in [3.05, 3.63) is 24.5 Å². The SMILES string of the molecule is O=C(C1CCCCC1)N1c2nc(-c3cccnc3)nn2C2(CCCCC2)[C@@H]2CCCC[C@@H]21. The molecule has 32 heavy (non-hydrogen) atoms. The first-order chi connectivity index (χ1) is 15.8. The number of aromatic nitrogens is 4. The summed E-state index contributed by atoms with van der Waals surface area (Å²) < 4.78 is 2.24. The van der Waals surface area contributed by atoms with Crippen LogP contribution in [0.3, 0.4) is 0 Å². The zero-order valence-corrected chi connectivity index (χ0v) is 19.1. The molecule has 0 radical (unpaired) electrons. The number of amides is 1. The quantitative estimate of drug-likeness (QED) is 0.629. The van der Waals surface area contributed by atoms with E-state index in [4.69, 9.17) is 10.1 Å². The molecule has 3 heterocycles. The molecule has 6 heteroatoms. The minimum absolute atomic E-state index is 0.0233. The third-order valence-electron chi connectivity index (χ3n) is 8.81. The smallest absolute Gasteiger partial charge is 0.232 e. The molecule has 0 aromatic carbocycles. The lowest BCUT2D eigenvalue weighted by Gasteiger charge is -2.55. The molecule has 0 N–H and O–H groups in total. The highest BCUT2D eigenvalue weighted by molar-refractivity contribution is 5.95. The summed E-state index contributed by atoms with van der Waals surface area (Å²) >= 11 is 0. The van der Waals surface area contributed by atoms with E-state index in [9.17, 15) is 4.79 Å². The Morgan fingerprint density at radius 3 is 2.47 bits per heavy atom. The first kappa shape index (κ1) is 20.4. The normalized spacial score (nSPS) is 27.7. The van der Waals surface area contributed by atoms with Gasteiger partial charge in [-0.15, -0.1) is 5.10 Å².